The third-order valence-electron chi connectivity index (χ3n) is 0.447. The Hall–Kier alpha value is 1.90. The van der Waals surface area contributed by atoms with Crippen LogP contribution in [0, 0.1) is 0 Å². The van der Waals surface area contributed by atoms with Crippen LogP contribution in [-0.4, -0.2) is 36.1 Å². The van der Waals surface area contributed by atoms with Crippen LogP contribution in [-0.2, 0) is 0 Å². The Labute approximate surface area is 98.3 Å². The first-order chi connectivity index (χ1) is 2.41. The van der Waals surface area contributed by atoms with Gasteiger partial charge in [-0.1, -0.05) is 13.8 Å². The standard InChI is InChI=1S/C4H10N.2ClH.Li.Mg/c1-3-5-4-2;;;;/h3-4H2,1-2H3;2*1H;;/q-1;;;+1;+2/p-2. The summed E-state index contributed by atoms with van der Waals surface area (Å²) in [7, 11) is 0. The van der Waals surface area contributed by atoms with Gasteiger partial charge in [-0.3, -0.25) is 0 Å². The summed E-state index contributed by atoms with van der Waals surface area (Å²) >= 11 is 0. The van der Waals surface area contributed by atoms with Crippen LogP contribution in [0.25, 0.3) is 5.32 Å². The summed E-state index contributed by atoms with van der Waals surface area (Å²) in [6, 6.07) is 0. The van der Waals surface area contributed by atoms with E-state index < -0.39 is 0 Å². The molecule has 0 fully saturated rings. The molecule has 0 spiro atoms. The molecule has 0 saturated heterocycles. The second kappa shape index (κ2) is 32.7. The zero-order valence-electron chi connectivity index (χ0n) is 6.32. The first-order valence-electron chi connectivity index (χ1n) is 2.05. The third-order valence-corrected chi connectivity index (χ3v) is 0.447. The van der Waals surface area contributed by atoms with E-state index >= 15 is 0 Å². The number of hydrogen-bond donors (Lipinski definition) is 0. The van der Waals surface area contributed by atoms with E-state index in [0.717, 1.165) is 13.1 Å². The smallest absolute Gasteiger partial charge is 1.00 e. The van der Waals surface area contributed by atoms with E-state index in [1.165, 1.54) is 0 Å². The van der Waals surface area contributed by atoms with Crippen molar-refractivity contribution < 1.29 is 43.7 Å². The minimum absolute atomic E-state index is 0. The summed E-state index contributed by atoms with van der Waals surface area (Å²) in [6.45, 7) is 6.03. The molecule has 0 N–H and O–H groups in total. The van der Waals surface area contributed by atoms with Gasteiger partial charge in [-0.2, -0.15) is 13.1 Å². The van der Waals surface area contributed by atoms with Crippen LogP contribution in [0.1, 0.15) is 13.8 Å². The van der Waals surface area contributed by atoms with E-state index in [2.05, 4.69) is 5.32 Å². The number of rotatable bonds is 2. The van der Waals surface area contributed by atoms with Crippen molar-refractivity contribution in [3.8, 4) is 0 Å². The Morgan fingerprint density at radius 1 is 1.00 bits per heavy atom. The zero-order chi connectivity index (χ0) is 4.12. The van der Waals surface area contributed by atoms with E-state index in [0.29, 0.717) is 0 Å². The molecule has 1 nitrogen and oxygen atoms in total. The maximum absolute atomic E-state index is 3.97. The molecule has 0 saturated carbocycles. The molecule has 0 aliphatic rings. The van der Waals surface area contributed by atoms with Crippen molar-refractivity contribution in [1.29, 1.82) is 0 Å². The van der Waals surface area contributed by atoms with E-state index in [1.54, 1.807) is 0 Å². The van der Waals surface area contributed by atoms with Crippen LogP contribution in [0.5, 0.6) is 0 Å². The molecule has 48 valence electrons. The largest absolute Gasteiger partial charge is 2.00 e. The predicted octanol–water partition coefficient (Wildman–Crippen LogP) is -7.97. The Balaban J connectivity index is -0.0000000133. The summed E-state index contributed by atoms with van der Waals surface area (Å²) in [6.07, 6.45) is 0. The van der Waals surface area contributed by atoms with Gasteiger partial charge in [0.25, 0.3) is 0 Å². The van der Waals surface area contributed by atoms with Crippen molar-refractivity contribution >= 4 is 23.1 Å². The Kier molecular flexibility index (Phi) is 111. The van der Waals surface area contributed by atoms with Crippen LogP contribution in [0.15, 0.2) is 0 Å². The number of halogens is 2. The van der Waals surface area contributed by atoms with E-state index in [1.807, 2.05) is 13.8 Å². The van der Waals surface area contributed by atoms with Gasteiger partial charge in [0, 0.05) is 0 Å². The molecule has 0 atom stereocenters. The number of hydrogen-bond acceptors (Lipinski definition) is 0. The molecular formula is C4H10Cl2LiMgN. The molecule has 0 aliphatic heterocycles. The van der Waals surface area contributed by atoms with Gasteiger partial charge in [-0.15, -0.1) is 0 Å². The summed E-state index contributed by atoms with van der Waals surface area (Å²) in [5.74, 6) is 0. The van der Waals surface area contributed by atoms with Gasteiger partial charge in [0.15, 0.2) is 0 Å². The molecule has 0 aromatic carbocycles. The van der Waals surface area contributed by atoms with Crippen LogP contribution in [0.4, 0.5) is 0 Å². The topological polar surface area (TPSA) is 14.1 Å². The minimum atomic E-state index is 0. The summed E-state index contributed by atoms with van der Waals surface area (Å²) in [4.78, 5) is 0. The maximum Gasteiger partial charge on any atom is 2.00 e. The summed E-state index contributed by atoms with van der Waals surface area (Å²) < 4.78 is 0. The van der Waals surface area contributed by atoms with Crippen molar-refractivity contribution in [2.75, 3.05) is 13.1 Å². The second-order valence-corrected chi connectivity index (χ2v) is 0.856. The molecule has 0 unspecified atom stereocenters. The predicted molar refractivity (Wildman–Crippen MR) is 30.2 cm³/mol. The third kappa shape index (κ3) is 40.6. The normalized spacial score (nSPS) is 4.67. The van der Waals surface area contributed by atoms with Crippen molar-refractivity contribution in [3.63, 3.8) is 0 Å². The Morgan fingerprint density at radius 3 is 1.22 bits per heavy atom. The first kappa shape index (κ1) is 30.7. The van der Waals surface area contributed by atoms with Crippen molar-refractivity contribution in [2.45, 2.75) is 13.8 Å². The van der Waals surface area contributed by atoms with Crippen molar-refractivity contribution in [1.82, 2.24) is 0 Å². The summed E-state index contributed by atoms with van der Waals surface area (Å²) in [5.41, 5.74) is 0. The average molecular weight is 174 g/mol. The molecule has 9 heavy (non-hydrogen) atoms. The fourth-order valence-electron chi connectivity index (χ4n) is 0.224. The fourth-order valence-corrected chi connectivity index (χ4v) is 0.224. The van der Waals surface area contributed by atoms with Crippen LogP contribution in [0.2, 0.25) is 0 Å². The van der Waals surface area contributed by atoms with Gasteiger partial charge in [0.1, 0.15) is 0 Å². The average Bonchev–Trinajstić information content (AvgIpc) is 1.41. The molecule has 0 aliphatic carbocycles. The molecule has 0 aromatic rings. The fraction of sp³-hybridized carbons (Fsp3) is 1.00. The van der Waals surface area contributed by atoms with Gasteiger partial charge < -0.3 is 30.1 Å². The van der Waals surface area contributed by atoms with Crippen LogP contribution >= 0.6 is 0 Å². The zero-order valence-corrected chi connectivity index (χ0v) is 9.25. The van der Waals surface area contributed by atoms with E-state index in [4.69, 9.17) is 0 Å². The monoisotopic (exact) mass is 173 g/mol. The molecule has 0 heterocycles. The molecule has 0 amide bonds. The van der Waals surface area contributed by atoms with Gasteiger partial charge in [-0.25, -0.2) is 0 Å². The summed E-state index contributed by atoms with van der Waals surface area (Å²) in [5, 5.41) is 3.97. The van der Waals surface area contributed by atoms with Crippen molar-refractivity contribution in [2.24, 2.45) is 0 Å². The minimum Gasteiger partial charge on any atom is -1.00 e. The molecule has 5 heteroatoms. The maximum atomic E-state index is 3.97. The quantitative estimate of drug-likeness (QED) is 0.369. The van der Waals surface area contributed by atoms with Crippen LogP contribution in [0.3, 0.4) is 0 Å². The Bertz CT molecular complexity index is 26.0. The van der Waals surface area contributed by atoms with E-state index in [9.17, 15) is 0 Å². The molecule has 0 bridgehead atoms. The number of nitrogens with zero attached hydrogens (tertiary/aromatic N) is 1. The molecule has 0 rings (SSSR count). The van der Waals surface area contributed by atoms with Gasteiger partial charge in [-0.05, 0) is 0 Å². The van der Waals surface area contributed by atoms with Gasteiger partial charge in [0.05, 0.1) is 0 Å². The van der Waals surface area contributed by atoms with Crippen LogP contribution < -0.4 is 43.7 Å². The molecular weight excluding hydrogens is 164 g/mol. The second-order valence-electron chi connectivity index (χ2n) is 0.856. The SMILES string of the molecule is CC[N-]CC.[Cl-].[Cl-].[Li+].[Mg+2]. The van der Waals surface area contributed by atoms with E-state index in [-0.39, 0.29) is 66.7 Å². The molecule has 0 aromatic heterocycles. The van der Waals surface area contributed by atoms with Gasteiger partial charge >= 0.3 is 41.9 Å². The van der Waals surface area contributed by atoms with Gasteiger partial charge in [0.2, 0.25) is 0 Å². The molecule has 0 radical (unpaired) electrons. The first-order valence-corrected chi connectivity index (χ1v) is 2.05. The van der Waals surface area contributed by atoms with Crippen molar-refractivity contribution in [3.05, 3.63) is 5.32 Å². The Morgan fingerprint density at radius 2 is 1.22 bits per heavy atom.